The lowest BCUT2D eigenvalue weighted by atomic mass is 9.94. The van der Waals surface area contributed by atoms with Crippen molar-refractivity contribution in [2.75, 3.05) is 51.0 Å². The molecule has 7 rings (SSSR count). The molecule has 3 aromatic rings. The van der Waals surface area contributed by atoms with Crippen LogP contribution in [0.2, 0.25) is 0 Å². The molecule has 4 aliphatic heterocycles. The third kappa shape index (κ3) is 6.26. The van der Waals surface area contributed by atoms with Gasteiger partial charge in [-0.15, -0.1) is 5.92 Å². The highest BCUT2D eigenvalue weighted by atomic mass is 19.4. The number of rotatable bonds is 6. The first-order valence-electron chi connectivity index (χ1n) is 16.7. The highest BCUT2D eigenvalue weighted by Crippen LogP contribution is 2.43. The van der Waals surface area contributed by atoms with Crippen molar-refractivity contribution in [3.63, 3.8) is 0 Å². The number of fused-ring (bicyclic) bond motifs is 3. The minimum Gasteiger partial charge on any atom is -0.461 e. The fourth-order valence-corrected chi connectivity index (χ4v) is 7.70. The highest BCUT2D eigenvalue weighted by Gasteiger charge is 2.47. The van der Waals surface area contributed by atoms with E-state index in [2.05, 4.69) is 38.3 Å². The molecule has 3 aromatic heterocycles. The maximum atomic E-state index is 14.5. The molecule has 2 saturated heterocycles. The Morgan fingerprint density at radius 2 is 2.00 bits per heavy atom. The number of alkyl halides is 3. The number of hydrogen-bond donors (Lipinski definition) is 1. The van der Waals surface area contributed by atoms with Gasteiger partial charge in [-0.2, -0.15) is 28.2 Å². The lowest BCUT2D eigenvalue weighted by Crippen LogP contribution is -2.43. The second-order valence-electron chi connectivity index (χ2n) is 13.7. The van der Waals surface area contributed by atoms with Crippen LogP contribution < -0.4 is 15.4 Å². The van der Waals surface area contributed by atoms with Crippen molar-refractivity contribution in [1.29, 1.82) is 0 Å². The Morgan fingerprint density at radius 1 is 1.18 bits per heavy atom. The largest absolute Gasteiger partial charge is 0.461 e. The van der Waals surface area contributed by atoms with Crippen molar-refractivity contribution >= 4 is 17.5 Å². The second-order valence-corrected chi connectivity index (χ2v) is 13.7. The van der Waals surface area contributed by atoms with Crippen molar-refractivity contribution in [2.24, 2.45) is 0 Å². The van der Waals surface area contributed by atoms with E-state index in [4.69, 9.17) is 25.2 Å². The van der Waals surface area contributed by atoms with Gasteiger partial charge < -0.3 is 25.0 Å². The highest BCUT2D eigenvalue weighted by molar-refractivity contribution is 5.92. The molecule has 15 heteroatoms. The predicted molar refractivity (Wildman–Crippen MR) is 178 cm³/mol. The molecular weight excluding hydrogens is 651 g/mol. The minimum atomic E-state index is -4.75. The van der Waals surface area contributed by atoms with Gasteiger partial charge in [0.15, 0.2) is 5.69 Å². The molecule has 0 spiro atoms. The first-order chi connectivity index (χ1) is 23.8. The molecule has 0 aromatic carbocycles. The predicted octanol–water partition coefficient (Wildman–Crippen LogP) is 4.14. The van der Waals surface area contributed by atoms with Crippen LogP contribution in [0.1, 0.15) is 83.0 Å². The van der Waals surface area contributed by atoms with Crippen LogP contribution in [0.5, 0.6) is 6.01 Å². The summed E-state index contributed by atoms with van der Waals surface area (Å²) in [7, 11) is 3.36. The molecule has 12 nitrogen and oxygen atoms in total. The Balaban J connectivity index is 1.27. The summed E-state index contributed by atoms with van der Waals surface area (Å²) in [6.45, 7) is 9.40. The molecule has 2 unspecified atom stereocenters. The zero-order valence-corrected chi connectivity index (χ0v) is 28.4. The summed E-state index contributed by atoms with van der Waals surface area (Å²) in [6, 6.07) is 3.07. The Hall–Kier alpha value is -4.68. The fourth-order valence-electron chi connectivity index (χ4n) is 7.70. The van der Waals surface area contributed by atoms with Crippen LogP contribution in [0.3, 0.4) is 0 Å². The third-order valence-electron chi connectivity index (χ3n) is 9.92. The van der Waals surface area contributed by atoms with E-state index < -0.39 is 17.8 Å². The number of carbonyl (C=O) groups is 1. The van der Waals surface area contributed by atoms with E-state index >= 15 is 0 Å². The Bertz CT molecular complexity index is 1910. The van der Waals surface area contributed by atoms with Gasteiger partial charge in [-0.25, -0.2) is 4.98 Å². The van der Waals surface area contributed by atoms with Crippen LogP contribution in [-0.4, -0.2) is 86.3 Å². The topological polar surface area (TPSA) is 128 Å². The van der Waals surface area contributed by atoms with Gasteiger partial charge in [0.25, 0.3) is 5.91 Å². The number of amides is 1. The van der Waals surface area contributed by atoms with Crippen molar-refractivity contribution in [2.45, 2.75) is 76.5 Å². The third-order valence-corrected chi connectivity index (χ3v) is 9.92. The lowest BCUT2D eigenvalue weighted by Gasteiger charge is -2.33. The summed E-state index contributed by atoms with van der Waals surface area (Å²) >= 11 is 0. The number of aromatic nitrogens is 5. The summed E-state index contributed by atoms with van der Waals surface area (Å²) in [5.74, 6) is 5.38. The van der Waals surface area contributed by atoms with Crippen LogP contribution in [0.15, 0.2) is 24.3 Å². The van der Waals surface area contributed by atoms with Crippen molar-refractivity contribution < 1.29 is 27.4 Å². The van der Waals surface area contributed by atoms with Crippen molar-refractivity contribution in [3.8, 4) is 17.9 Å². The number of nitrogens with two attached hydrogens (primary N) is 1. The van der Waals surface area contributed by atoms with Crippen LogP contribution in [0, 0.1) is 11.8 Å². The number of carbonyl (C=O) groups excluding carboxylic acids is 1. The van der Waals surface area contributed by atoms with Crippen LogP contribution in [0.25, 0.3) is 0 Å². The van der Waals surface area contributed by atoms with E-state index in [0.717, 1.165) is 49.7 Å². The maximum Gasteiger partial charge on any atom is 0.419 e. The number of aryl methyl sites for hydroxylation is 1. The Labute approximate surface area is 288 Å². The number of pyridine rings is 1. The number of anilines is 2. The quantitative estimate of drug-likeness (QED) is 0.298. The van der Waals surface area contributed by atoms with Crippen LogP contribution in [-0.2, 0) is 37.0 Å². The van der Waals surface area contributed by atoms with Crippen LogP contribution >= 0.6 is 0 Å². The SMILES string of the molecule is C=C1CN2CCCC2(COc2nc3c(c(N4CCCn5nc(C(=O)N(C)C)cc5C4)n2)COC(c2nc(N)cc(C#CC)c2C(F)(F)F)C3)C1. The molecule has 2 fully saturated rings. The molecule has 2 N–H and O–H groups in total. The lowest BCUT2D eigenvalue weighted by molar-refractivity contribution is -0.140. The molecule has 264 valence electrons. The fraction of sp³-hybridized carbons (Fsp3) is 0.514. The number of ether oxygens (including phenoxy) is 2. The molecule has 1 amide bonds. The van der Waals surface area contributed by atoms with Gasteiger partial charge in [0.2, 0.25) is 0 Å². The Kier molecular flexibility index (Phi) is 8.72. The standard InChI is InChI=1S/C35H40F3N9O3/c1-5-8-22-13-28(39)41-30(29(22)35(36,37)38)27-15-25-24(19-49-27)31(42-33(40-25)50-20-34-9-6-11-46(34)17-21(2)16-34)45-10-7-12-47-23(18-45)14-26(43-47)32(48)44(3)4/h13-14,27H,2,6-7,9-12,15-20H2,1,3-4H3,(H2,39,41). The first kappa shape index (κ1) is 33.8. The van der Waals surface area contributed by atoms with Gasteiger partial charge in [0, 0.05) is 51.3 Å². The summed E-state index contributed by atoms with van der Waals surface area (Å²) in [5.41, 5.74) is 7.79. The zero-order valence-electron chi connectivity index (χ0n) is 28.4. The van der Waals surface area contributed by atoms with Gasteiger partial charge in [-0.1, -0.05) is 18.1 Å². The number of hydrogen-bond acceptors (Lipinski definition) is 10. The molecule has 4 aliphatic rings. The molecular formula is C35H40F3N9O3. The summed E-state index contributed by atoms with van der Waals surface area (Å²) in [5, 5.41) is 4.56. The number of nitrogen functional groups attached to an aromatic ring is 1. The van der Waals surface area contributed by atoms with E-state index in [-0.39, 0.29) is 47.6 Å². The second kappa shape index (κ2) is 12.9. The summed E-state index contributed by atoms with van der Waals surface area (Å²) in [6.07, 6.45) is -2.28. The van der Waals surface area contributed by atoms with Gasteiger partial charge in [0.05, 0.1) is 41.3 Å². The molecule has 0 saturated carbocycles. The van der Waals surface area contributed by atoms with E-state index in [1.165, 1.54) is 11.8 Å². The van der Waals surface area contributed by atoms with E-state index in [1.54, 1.807) is 20.2 Å². The smallest absolute Gasteiger partial charge is 0.419 e. The van der Waals surface area contributed by atoms with E-state index in [0.29, 0.717) is 55.4 Å². The van der Waals surface area contributed by atoms with Gasteiger partial charge in [-0.3, -0.25) is 14.4 Å². The van der Waals surface area contributed by atoms with E-state index in [9.17, 15) is 18.0 Å². The molecule has 0 aliphatic carbocycles. The molecule has 0 bridgehead atoms. The van der Waals surface area contributed by atoms with E-state index in [1.807, 2.05) is 4.68 Å². The van der Waals surface area contributed by atoms with Gasteiger partial charge in [0.1, 0.15) is 24.3 Å². The summed E-state index contributed by atoms with van der Waals surface area (Å²) < 4.78 is 58.0. The number of halogens is 3. The molecule has 7 heterocycles. The zero-order chi connectivity index (χ0) is 35.4. The summed E-state index contributed by atoms with van der Waals surface area (Å²) in [4.78, 5) is 32.5. The normalized spacial score (nSPS) is 21.9. The molecule has 50 heavy (non-hydrogen) atoms. The first-order valence-corrected chi connectivity index (χ1v) is 16.7. The van der Waals surface area contributed by atoms with Gasteiger partial charge >= 0.3 is 12.2 Å². The maximum absolute atomic E-state index is 14.5. The monoisotopic (exact) mass is 691 g/mol. The average Bonchev–Trinajstić information content (AvgIpc) is 3.69. The minimum absolute atomic E-state index is 0.0128. The van der Waals surface area contributed by atoms with Crippen molar-refractivity contribution in [3.05, 3.63) is 63.8 Å². The molecule has 0 radical (unpaired) electrons. The average molecular weight is 692 g/mol. The number of nitrogens with zero attached hydrogens (tertiary/aromatic N) is 8. The Morgan fingerprint density at radius 3 is 2.76 bits per heavy atom. The van der Waals surface area contributed by atoms with Crippen molar-refractivity contribution in [1.82, 2.24) is 34.5 Å². The van der Waals surface area contributed by atoms with Crippen LogP contribution in [0.4, 0.5) is 24.8 Å². The molecule has 2 atom stereocenters. The van der Waals surface area contributed by atoms with Gasteiger partial charge in [-0.05, 0) is 51.3 Å².